The largest absolute Gasteiger partial charge is 0.450 e. The quantitative estimate of drug-likeness (QED) is 0.870. The fourth-order valence-electron chi connectivity index (χ4n) is 2.14. The second-order valence-electron chi connectivity index (χ2n) is 4.51. The molecule has 0 aromatic carbocycles. The molecule has 1 aromatic heterocycles. The van der Waals surface area contributed by atoms with Gasteiger partial charge in [0.15, 0.2) is 0 Å². The first-order valence-corrected chi connectivity index (χ1v) is 7.38. The number of carbonyl (C=O) groups excluding carboxylic acids is 1. The third-order valence-electron chi connectivity index (χ3n) is 3.17. The lowest BCUT2D eigenvalue weighted by atomic mass is 10.1. The summed E-state index contributed by atoms with van der Waals surface area (Å²) in [4.78, 5) is 27.0. The molecule has 0 unspecified atom stereocenters. The fourth-order valence-corrected chi connectivity index (χ4v) is 2.72. The molecule has 0 spiro atoms. The van der Waals surface area contributed by atoms with Crippen LogP contribution in [-0.4, -0.2) is 41.7 Å². The Morgan fingerprint density at radius 1 is 1.58 bits per heavy atom. The van der Waals surface area contributed by atoms with E-state index in [1.54, 1.807) is 4.90 Å². The number of carbonyl (C=O) groups is 1. The van der Waals surface area contributed by atoms with Gasteiger partial charge < -0.3 is 19.9 Å². The highest BCUT2D eigenvalue weighted by molar-refractivity contribution is 7.07. The average Bonchev–Trinajstić information content (AvgIpc) is 2.83. The molecule has 1 aromatic rings. The number of H-pyrrole nitrogens is 1. The summed E-state index contributed by atoms with van der Waals surface area (Å²) in [7, 11) is 0. The van der Waals surface area contributed by atoms with Gasteiger partial charge in [-0.15, -0.1) is 0 Å². The van der Waals surface area contributed by atoms with E-state index in [4.69, 9.17) is 4.74 Å². The molecule has 0 saturated carbocycles. The Balaban J connectivity index is 1.71. The van der Waals surface area contributed by atoms with E-state index in [2.05, 4.69) is 10.3 Å². The molecule has 1 saturated heterocycles. The number of piperidine rings is 1. The molecule has 0 aliphatic carbocycles. The van der Waals surface area contributed by atoms with Gasteiger partial charge in [-0.05, 0) is 19.8 Å². The number of thiazole rings is 1. The van der Waals surface area contributed by atoms with Crippen LogP contribution in [0, 0.1) is 0 Å². The highest BCUT2D eigenvalue weighted by atomic mass is 32.1. The number of amides is 1. The fraction of sp³-hybridized carbons (Fsp3) is 0.667. The Bertz CT molecular complexity index is 463. The number of nitrogens with zero attached hydrogens (tertiary/aromatic N) is 1. The zero-order chi connectivity index (χ0) is 13.7. The summed E-state index contributed by atoms with van der Waals surface area (Å²) < 4.78 is 4.98. The number of rotatable bonds is 4. The van der Waals surface area contributed by atoms with Crippen molar-refractivity contribution in [2.45, 2.75) is 32.4 Å². The van der Waals surface area contributed by atoms with E-state index in [0.29, 0.717) is 19.2 Å². The lowest BCUT2D eigenvalue weighted by Gasteiger charge is -2.31. The summed E-state index contributed by atoms with van der Waals surface area (Å²) in [6, 6.07) is 0.383. The summed E-state index contributed by atoms with van der Waals surface area (Å²) in [6.45, 7) is 4.34. The van der Waals surface area contributed by atoms with Gasteiger partial charge >= 0.3 is 11.0 Å². The highest BCUT2D eigenvalue weighted by Gasteiger charge is 2.23. The van der Waals surface area contributed by atoms with Crippen LogP contribution in [0.2, 0.25) is 0 Å². The maximum atomic E-state index is 11.5. The number of hydrogen-bond acceptors (Lipinski definition) is 5. The van der Waals surface area contributed by atoms with Crippen LogP contribution in [0.25, 0.3) is 0 Å². The molecule has 1 fully saturated rings. The van der Waals surface area contributed by atoms with E-state index in [1.807, 2.05) is 12.3 Å². The minimum Gasteiger partial charge on any atom is -0.450 e. The van der Waals surface area contributed by atoms with Gasteiger partial charge in [0, 0.05) is 36.8 Å². The molecule has 1 amide bonds. The normalized spacial score (nSPS) is 16.6. The second kappa shape index (κ2) is 6.72. The van der Waals surface area contributed by atoms with E-state index < -0.39 is 0 Å². The molecule has 7 heteroatoms. The Hall–Kier alpha value is -1.34. The number of nitrogens with one attached hydrogen (secondary N) is 2. The van der Waals surface area contributed by atoms with Gasteiger partial charge in [-0.1, -0.05) is 11.3 Å². The predicted octanol–water partition coefficient (Wildman–Crippen LogP) is 1.15. The smallest absolute Gasteiger partial charge is 0.409 e. The van der Waals surface area contributed by atoms with Crippen molar-refractivity contribution in [1.82, 2.24) is 15.2 Å². The van der Waals surface area contributed by atoms with Gasteiger partial charge in [-0.3, -0.25) is 4.79 Å². The van der Waals surface area contributed by atoms with Crippen LogP contribution >= 0.6 is 11.3 Å². The summed E-state index contributed by atoms with van der Waals surface area (Å²) in [5.74, 6) is 0. The van der Waals surface area contributed by atoms with E-state index in [9.17, 15) is 9.59 Å². The average molecular weight is 285 g/mol. The van der Waals surface area contributed by atoms with Crippen molar-refractivity contribution in [3.05, 3.63) is 20.7 Å². The lowest BCUT2D eigenvalue weighted by molar-refractivity contribution is 0.0950. The maximum absolute atomic E-state index is 11.5. The van der Waals surface area contributed by atoms with Crippen LogP contribution in [0.1, 0.15) is 25.5 Å². The number of aromatic nitrogens is 1. The van der Waals surface area contributed by atoms with Crippen LogP contribution < -0.4 is 10.2 Å². The molecular formula is C12H19N3O3S. The maximum Gasteiger partial charge on any atom is 0.409 e. The second-order valence-corrected chi connectivity index (χ2v) is 5.36. The van der Waals surface area contributed by atoms with Crippen LogP contribution in [0.4, 0.5) is 4.79 Å². The van der Waals surface area contributed by atoms with Crippen molar-refractivity contribution in [3.63, 3.8) is 0 Å². The molecule has 0 atom stereocenters. The summed E-state index contributed by atoms with van der Waals surface area (Å²) >= 11 is 1.18. The molecule has 6 nitrogen and oxygen atoms in total. The van der Waals surface area contributed by atoms with E-state index in [0.717, 1.165) is 31.6 Å². The number of aromatic amines is 1. The molecule has 0 radical (unpaired) electrons. The van der Waals surface area contributed by atoms with Gasteiger partial charge in [0.2, 0.25) is 0 Å². The van der Waals surface area contributed by atoms with Gasteiger partial charge in [0.25, 0.3) is 0 Å². The Morgan fingerprint density at radius 2 is 2.32 bits per heavy atom. The minimum atomic E-state index is -0.219. The molecule has 2 rings (SSSR count). The summed E-state index contributed by atoms with van der Waals surface area (Å²) in [6.07, 6.45) is 1.60. The molecule has 1 aliphatic rings. The third kappa shape index (κ3) is 4.07. The van der Waals surface area contributed by atoms with Crippen molar-refractivity contribution in [3.8, 4) is 0 Å². The molecular weight excluding hydrogens is 266 g/mol. The summed E-state index contributed by atoms with van der Waals surface area (Å²) in [5, 5.41) is 5.24. The Morgan fingerprint density at radius 3 is 2.89 bits per heavy atom. The highest BCUT2D eigenvalue weighted by Crippen LogP contribution is 2.12. The van der Waals surface area contributed by atoms with Crippen molar-refractivity contribution in [2.75, 3.05) is 19.7 Å². The molecule has 106 valence electrons. The summed E-state index contributed by atoms with van der Waals surface area (Å²) in [5.41, 5.74) is 0.919. The monoisotopic (exact) mass is 285 g/mol. The molecule has 1 aliphatic heterocycles. The molecule has 0 bridgehead atoms. The Kier molecular flexibility index (Phi) is 4.98. The molecule has 19 heavy (non-hydrogen) atoms. The van der Waals surface area contributed by atoms with Crippen LogP contribution in [0.3, 0.4) is 0 Å². The van der Waals surface area contributed by atoms with Crippen LogP contribution in [-0.2, 0) is 11.3 Å². The number of likely N-dealkylation sites (tertiary alicyclic amines) is 1. The van der Waals surface area contributed by atoms with Crippen molar-refractivity contribution < 1.29 is 9.53 Å². The molecule has 2 heterocycles. The topological polar surface area (TPSA) is 74.4 Å². The standard InChI is InChI=1S/C12H19N3O3S/c1-2-18-12(17)15-5-3-9(4-6-15)13-7-10-8-19-11(16)14-10/h8-9,13H,2-7H2,1H3,(H,14,16). The first kappa shape index (κ1) is 14.1. The van der Waals surface area contributed by atoms with Crippen molar-refractivity contribution in [1.29, 1.82) is 0 Å². The first-order chi connectivity index (χ1) is 9.19. The minimum absolute atomic E-state index is 0.0195. The van der Waals surface area contributed by atoms with Gasteiger partial charge in [0.05, 0.1) is 6.61 Å². The van der Waals surface area contributed by atoms with E-state index in [1.165, 1.54) is 11.3 Å². The van der Waals surface area contributed by atoms with Crippen LogP contribution in [0.15, 0.2) is 10.2 Å². The zero-order valence-corrected chi connectivity index (χ0v) is 11.8. The lowest BCUT2D eigenvalue weighted by Crippen LogP contribution is -2.44. The predicted molar refractivity (Wildman–Crippen MR) is 73.4 cm³/mol. The van der Waals surface area contributed by atoms with Gasteiger partial charge in [-0.2, -0.15) is 0 Å². The number of ether oxygens (including phenoxy) is 1. The van der Waals surface area contributed by atoms with Crippen LogP contribution in [0.5, 0.6) is 0 Å². The van der Waals surface area contributed by atoms with Crippen molar-refractivity contribution in [2.24, 2.45) is 0 Å². The SMILES string of the molecule is CCOC(=O)N1CCC(NCc2csc(=O)[nH]2)CC1. The van der Waals surface area contributed by atoms with E-state index in [-0.39, 0.29) is 11.0 Å². The van der Waals surface area contributed by atoms with Gasteiger partial charge in [-0.25, -0.2) is 4.79 Å². The molecule has 2 N–H and O–H groups in total. The van der Waals surface area contributed by atoms with E-state index >= 15 is 0 Å². The van der Waals surface area contributed by atoms with Gasteiger partial charge in [0.1, 0.15) is 0 Å². The Labute approximate surface area is 115 Å². The first-order valence-electron chi connectivity index (χ1n) is 6.50. The number of hydrogen-bond donors (Lipinski definition) is 2. The third-order valence-corrected chi connectivity index (χ3v) is 3.89. The zero-order valence-electron chi connectivity index (χ0n) is 11.0. The van der Waals surface area contributed by atoms with Crippen molar-refractivity contribution >= 4 is 17.4 Å².